The van der Waals surface area contributed by atoms with Crippen molar-refractivity contribution in [1.29, 1.82) is 5.26 Å². The van der Waals surface area contributed by atoms with Crippen LogP contribution in [-0.4, -0.2) is 10.5 Å². The quantitative estimate of drug-likeness (QED) is 0.247. The third kappa shape index (κ3) is 4.96. The highest BCUT2D eigenvalue weighted by Crippen LogP contribution is 2.27. The lowest BCUT2D eigenvalue weighted by Gasteiger charge is -2.07. The van der Waals surface area contributed by atoms with E-state index < -0.39 is 5.91 Å². The molecule has 0 radical (unpaired) electrons. The highest BCUT2D eigenvalue weighted by molar-refractivity contribution is 6.42. The summed E-state index contributed by atoms with van der Waals surface area (Å²) < 4.78 is 2.07. The molecule has 0 atom stereocenters. The van der Waals surface area contributed by atoms with Crippen molar-refractivity contribution in [1.82, 2.24) is 4.57 Å². The number of fused-ring (bicyclic) bond motifs is 1. The average molecular weight is 474 g/mol. The van der Waals surface area contributed by atoms with Gasteiger partial charge in [0.1, 0.15) is 11.6 Å². The molecule has 0 aliphatic heterocycles. The van der Waals surface area contributed by atoms with Gasteiger partial charge in [-0.2, -0.15) is 5.26 Å². The van der Waals surface area contributed by atoms with E-state index in [9.17, 15) is 10.1 Å². The van der Waals surface area contributed by atoms with Crippen molar-refractivity contribution in [2.45, 2.75) is 20.4 Å². The minimum absolute atomic E-state index is 0.0330. The molecule has 164 valence electrons. The van der Waals surface area contributed by atoms with Crippen molar-refractivity contribution in [3.8, 4) is 6.07 Å². The van der Waals surface area contributed by atoms with Gasteiger partial charge >= 0.3 is 0 Å². The summed E-state index contributed by atoms with van der Waals surface area (Å²) >= 11 is 12.2. The molecule has 0 saturated heterocycles. The van der Waals surface area contributed by atoms with E-state index in [0.717, 1.165) is 33.2 Å². The fourth-order valence-electron chi connectivity index (χ4n) is 3.68. The number of para-hydroxylation sites is 1. The highest BCUT2D eigenvalue weighted by atomic mass is 35.5. The van der Waals surface area contributed by atoms with Crippen LogP contribution < -0.4 is 5.32 Å². The number of halogens is 2. The number of hydrogen-bond donors (Lipinski definition) is 1. The number of aryl methyl sites for hydroxylation is 2. The van der Waals surface area contributed by atoms with Crippen LogP contribution in [0.25, 0.3) is 17.0 Å². The Morgan fingerprint density at radius 2 is 1.82 bits per heavy atom. The monoisotopic (exact) mass is 473 g/mol. The smallest absolute Gasteiger partial charge is 0.266 e. The van der Waals surface area contributed by atoms with Crippen molar-refractivity contribution in [2.75, 3.05) is 5.32 Å². The molecule has 0 fully saturated rings. The third-order valence-corrected chi connectivity index (χ3v) is 6.33. The van der Waals surface area contributed by atoms with Crippen LogP contribution in [0, 0.1) is 25.2 Å². The standard InChI is InChI=1S/C27H21Cl2N3O/c1-17-7-9-22(11-18(17)2)31-27(33)20(14-30)13-21-16-32(26-6-4-3-5-23(21)26)15-19-8-10-24(28)25(29)12-19/h3-13,16H,15H2,1-2H3,(H,31,33)/b20-13+. The number of nitriles is 1. The molecule has 0 unspecified atom stereocenters. The molecule has 0 aliphatic rings. The summed E-state index contributed by atoms with van der Waals surface area (Å²) in [7, 11) is 0. The second-order valence-electron chi connectivity index (χ2n) is 7.90. The van der Waals surface area contributed by atoms with Crippen molar-refractivity contribution < 1.29 is 4.79 Å². The predicted octanol–water partition coefficient (Wildman–Crippen LogP) is 7.16. The zero-order valence-corrected chi connectivity index (χ0v) is 19.7. The van der Waals surface area contributed by atoms with Gasteiger partial charge in [0.2, 0.25) is 0 Å². The molecule has 1 amide bonds. The van der Waals surface area contributed by atoms with Gasteiger partial charge in [-0.15, -0.1) is 0 Å². The predicted molar refractivity (Wildman–Crippen MR) is 136 cm³/mol. The second-order valence-corrected chi connectivity index (χ2v) is 8.72. The number of anilines is 1. The van der Waals surface area contributed by atoms with Crippen LogP contribution in [0.5, 0.6) is 0 Å². The number of carbonyl (C=O) groups is 1. The van der Waals surface area contributed by atoms with Gasteiger partial charge in [0.25, 0.3) is 5.91 Å². The van der Waals surface area contributed by atoms with Crippen LogP contribution >= 0.6 is 23.2 Å². The van der Waals surface area contributed by atoms with Crippen LogP contribution in [0.3, 0.4) is 0 Å². The Morgan fingerprint density at radius 3 is 2.55 bits per heavy atom. The minimum atomic E-state index is -0.443. The Labute approximate surface area is 202 Å². The molecule has 0 spiro atoms. The van der Waals surface area contributed by atoms with E-state index in [1.807, 2.05) is 80.7 Å². The number of benzene rings is 3. The Morgan fingerprint density at radius 1 is 1.03 bits per heavy atom. The topological polar surface area (TPSA) is 57.8 Å². The van der Waals surface area contributed by atoms with Crippen molar-refractivity contribution in [2.24, 2.45) is 0 Å². The van der Waals surface area contributed by atoms with E-state index in [4.69, 9.17) is 23.2 Å². The number of aromatic nitrogens is 1. The SMILES string of the molecule is Cc1ccc(NC(=O)/C(C#N)=C/c2cn(Cc3ccc(Cl)c(Cl)c3)c3ccccc23)cc1C. The molecule has 4 aromatic rings. The van der Waals surface area contributed by atoms with Gasteiger partial charge < -0.3 is 9.88 Å². The average Bonchev–Trinajstić information content (AvgIpc) is 3.14. The summed E-state index contributed by atoms with van der Waals surface area (Å²) in [6, 6.07) is 21.1. The molecule has 33 heavy (non-hydrogen) atoms. The first-order valence-electron chi connectivity index (χ1n) is 10.4. The van der Waals surface area contributed by atoms with E-state index in [-0.39, 0.29) is 5.57 Å². The van der Waals surface area contributed by atoms with E-state index in [1.165, 1.54) is 0 Å². The fourth-order valence-corrected chi connectivity index (χ4v) is 4.00. The van der Waals surface area contributed by atoms with Crippen LogP contribution in [-0.2, 0) is 11.3 Å². The zero-order chi connectivity index (χ0) is 23.5. The number of nitrogens with one attached hydrogen (secondary N) is 1. The molecular weight excluding hydrogens is 453 g/mol. The molecule has 0 aliphatic carbocycles. The van der Waals surface area contributed by atoms with Gasteiger partial charge in [-0.05, 0) is 66.9 Å². The summed E-state index contributed by atoms with van der Waals surface area (Å²) in [5.41, 5.74) is 5.67. The van der Waals surface area contributed by atoms with Gasteiger partial charge in [-0.25, -0.2) is 0 Å². The molecule has 4 nitrogen and oxygen atoms in total. The second kappa shape index (κ2) is 9.54. The molecule has 0 saturated carbocycles. The van der Waals surface area contributed by atoms with Crippen molar-refractivity contribution >= 4 is 51.8 Å². The molecule has 0 bridgehead atoms. The van der Waals surface area contributed by atoms with E-state index in [1.54, 1.807) is 12.1 Å². The molecule has 1 N–H and O–H groups in total. The largest absolute Gasteiger partial charge is 0.342 e. The third-order valence-electron chi connectivity index (χ3n) is 5.59. The lowest BCUT2D eigenvalue weighted by molar-refractivity contribution is -0.112. The fraction of sp³-hybridized carbons (Fsp3) is 0.111. The van der Waals surface area contributed by atoms with Gasteiger partial charge in [0, 0.05) is 34.9 Å². The normalized spacial score (nSPS) is 11.4. The van der Waals surface area contributed by atoms with Crippen LogP contribution in [0.4, 0.5) is 5.69 Å². The molecule has 6 heteroatoms. The maximum absolute atomic E-state index is 12.8. The maximum atomic E-state index is 12.8. The summed E-state index contributed by atoms with van der Waals surface area (Å²) in [4.78, 5) is 12.8. The summed E-state index contributed by atoms with van der Waals surface area (Å²) in [6.07, 6.45) is 3.57. The Hall–Kier alpha value is -3.52. The number of amides is 1. The van der Waals surface area contributed by atoms with E-state index >= 15 is 0 Å². The number of carbonyl (C=O) groups excluding carboxylic acids is 1. The first-order chi connectivity index (χ1) is 15.9. The lowest BCUT2D eigenvalue weighted by Crippen LogP contribution is -2.13. The number of hydrogen-bond acceptors (Lipinski definition) is 2. The van der Waals surface area contributed by atoms with Gasteiger partial charge in [0.15, 0.2) is 0 Å². The summed E-state index contributed by atoms with van der Waals surface area (Å²) in [5.74, 6) is -0.443. The van der Waals surface area contributed by atoms with E-state index in [2.05, 4.69) is 9.88 Å². The van der Waals surface area contributed by atoms with Gasteiger partial charge in [-0.1, -0.05) is 53.5 Å². The Kier molecular flexibility index (Phi) is 6.55. The first kappa shape index (κ1) is 22.7. The van der Waals surface area contributed by atoms with Crippen LogP contribution in [0.2, 0.25) is 10.0 Å². The van der Waals surface area contributed by atoms with E-state index in [0.29, 0.717) is 22.3 Å². The first-order valence-corrected chi connectivity index (χ1v) is 11.1. The number of nitrogens with zero attached hydrogens (tertiary/aromatic N) is 2. The highest BCUT2D eigenvalue weighted by Gasteiger charge is 2.13. The van der Waals surface area contributed by atoms with Crippen LogP contribution in [0.15, 0.2) is 72.4 Å². The molecule has 3 aromatic carbocycles. The van der Waals surface area contributed by atoms with Crippen molar-refractivity contribution in [3.63, 3.8) is 0 Å². The summed E-state index contributed by atoms with van der Waals surface area (Å²) in [5, 5.41) is 14.5. The Bertz CT molecular complexity index is 1440. The molecule has 1 aromatic heterocycles. The van der Waals surface area contributed by atoms with Gasteiger partial charge in [0.05, 0.1) is 10.0 Å². The van der Waals surface area contributed by atoms with Crippen molar-refractivity contribution in [3.05, 3.63) is 105 Å². The molecule has 4 rings (SSSR count). The van der Waals surface area contributed by atoms with Gasteiger partial charge in [-0.3, -0.25) is 4.79 Å². The Balaban J connectivity index is 1.67. The zero-order valence-electron chi connectivity index (χ0n) is 18.2. The van der Waals surface area contributed by atoms with Crippen LogP contribution in [0.1, 0.15) is 22.3 Å². The molecule has 1 heterocycles. The summed E-state index contributed by atoms with van der Waals surface area (Å²) in [6.45, 7) is 4.56. The lowest BCUT2D eigenvalue weighted by atomic mass is 10.1. The number of rotatable bonds is 5. The maximum Gasteiger partial charge on any atom is 0.266 e. The minimum Gasteiger partial charge on any atom is -0.342 e. The molecular formula is C27H21Cl2N3O.